The number of halogens is 1. The highest BCUT2D eigenvalue weighted by Crippen LogP contribution is 2.47. The van der Waals surface area contributed by atoms with E-state index in [0.29, 0.717) is 0 Å². The maximum absolute atomic E-state index is 6.30. The minimum absolute atomic E-state index is 0.0463. The first kappa shape index (κ1) is 11.9. The number of hydrogen-bond donors (Lipinski definition) is 1. The second kappa shape index (κ2) is 3.74. The maximum atomic E-state index is 6.30. The summed E-state index contributed by atoms with van der Waals surface area (Å²) in [5.74, 6) is 0. The van der Waals surface area contributed by atoms with Gasteiger partial charge in [0.05, 0.1) is 22.5 Å². The van der Waals surface area contributed by atoms with E-state index in [0.717, 1.165) is 23.7 Å². The lowest BCUT2D eigenvalue weighted by atomic mass is 9.70. The van der Waals surface area contributed by atoms with Gasteiger partial charge in [0.1, 0.15) is 0 Å². The standard InChI is InChI=1S/C12H20ClN3/c1-11(2,3)12(6-5-7-14-12)10-9(13)8-15-16(10)4/h8,14H,5-7H2,1-4H3. The van der Waals surface area contributed by atoms with E-state index < -0.39 is 0 Å². The third kappa shape index (κ3) is 1.57. The van der Waals surface area contributed by atoms with Crippen molar-refractivity contribution in [3.05, 3.63) is 16.9 Å². The Bertz CT molecular complexity index is 364. The number of hydrogen-bond acceptors (Lipinski definition) is 2. The van der Waals surface area contributed by atoms with Crippen molar-refractivity contribution in [3.8, 4) is 0 Å². The van der Waals surface area contributed by atoms with Crippen LogP contribution < -0.4 is 5.32 Å². The second-order valence-corrected chi connectivity index (χ2v) is 6.06. The van der Waals surface area contributed by atoms with Gasteiger partial charge in [0, 0.05) is 7.05 Å². The van der Waals surface area contributed by atoms with Crippen LogP contribution in [0.4, 0.5) is 0 Å². The molecule has 1 aromatic rings. The summed E-state index contributed by atoms with van der Waals surface area (Å²) < 4.78 is 1.91. The van der Waals surface area contributed by atoms with Gasteiger partial charge in [0.25, 0.3) is 0 Å². The molecule has 0 saturated carbocycles. The molecule has 0 aliphatic carbocycles. The van der Waals surface area contributed by atoms with Crippen molar-refractivity contribution < 1.29 is 0 Å². The molecular weight excluding hydrogens is 222 g/mol. The quantitative estimate of drug-likeness (QED) is 0.820. The lowest BCUT2D eigenvalue weighted by Crippen LogP contribution is -2.49. The van der Waals surface area contributed by atoms with Crippen LogP contribution in [0.3, 0.4) is 0 Å². The lowest BCUT2D eigenvalue weighted by molar-refractivity contribution is 0.150. The number of nitrogens with zero attached hydrogens (tertiary/aromatic N) is 2. The van der Waals surface area contributed by atoms with Gasteiger partial charge in [-0.05, 0) is 24.8 Å². The molecule has 0 bridgehead atoms. The fourth-order valence-electron chi connectivity index (χ4n) is 2.83. The largest absolute Gasteiger partial charge is 0.306 e. The average Bonchev–Trinajstić information content (AvgIpc) is 2.73. The summed E-state index contributed by atoms with van der Waals surface area (Å²) in [5.41, 5.74) is 1.20. The zero-order chi connectivity index (χ0) is 12.0. The van der Waals surface area contributed by atoms with E-state index in [2.05, 4.69) is 31.2 Å². The summed E-state index contributed by atoms with van der Waals surface area (Å²) in [5, 5.41) is 8.68. The smallest absolute Gasteiger partial charge is 0.0837 e. The summed E-state index contributed by atoms with van der Waals surface area (Å²) in [7, 11) is 1.97. The molecular formula is C12H20ClN3. The molecule has 1 saturated heterocycles. The molecule has 2 heterocycles. The summed E-state index contributed by atoms with van der Waals surface area (Å²) in [6.07, 6.45) is 4.05. The van der Waals surface area contributed by atoms with E-state index in [1.165, 1.54) is 6.42 Å². The van der Waals surface area contributed by atoms with E-state index in [-0.39, 0.29) is 11.0 Å². The number of rotatable bonds is 1. The molecule has 0 spiro atoms. The van der Waals surface area contributed by atoms with E-state index in [1.54, 1.807) is 6.20 Å². The monoisotopic (exact) mass is 241 g/mol. The average molecular weight is 242 g/mol. The van der Waals surface area contributed by atoms with Gasteiger partial charge < -0.3 is 5.32 Å². The van der Waals surface area contributed by atoms with Gasteiger partial charge in [-0.15, -0.1) is 0 Å². The molecule has 1 N–H and O–H groups in total. The highest BCUT2D eigenvalue weighted by Gasteiger charge is 2.48. The topological polar surface area (TPSA) is 29.9 Å². The van der Waals surface area contributed by atoms with Crippen molar-refractivity contribution in [3.63, 3.8) is 0 Å². The van der Waals surface area contributed by atoms with Crippen molar-refractivity contribution in [1.82, 2.24) is 15.1 Å². The number of nitrogens with one attached hydrogen (secondary N) is 1. The fraction of sp³-hybridized carbons (Fsp3) is 0.750. The molecule has 2 rings (SSSR count). The van der Waals surface area contributed by atoms with Crippen molar-refractivity contribution >= 4 is 11.6 Å². The molecule has 1 unspecified atom stereocenters. The van der Waals surface area contributed by atoms with Crippen LogP contribution in [0, 0.1) is 5.41 Å². The zero-order valence-electron chi connectivity index (χ0n) is 10.5. The Kier molecular flexibility index (Phi) is 2.79. The molecule has 1 aromatic heterocycles. The van der Waals surface area contributed by atoms with Crippen LogP contribution >= 0.6 is 11.6 Å². The highest BCUT2D eigenvalue weighted by molar-refractivity contribution is 6.31. The first-order valence-electron chi connectivity index (χ1n) is 5.81. The molecule has 0 amide bonds. The predicted molar refractivity (Wildman–Crippen MR) is 66.6 cm³/mol. The molecule has 1 aliphatic heterocycles. The van der Waals surface area contributed by atoms with Crippen LogP contribution in [-0.2, 0) is 12.6 Å². The molecule has 1 atom stereocenters. The minimum atomic E-state index is -0.0463. The molecule has 90 valence electrons. The minimum Gasteiger partial charge on any atom is -0.306 e. The van der Waals surface area contributed by atoms with Gasteiger partial charge in [0.2, 0.25) is 0 Å². The zero-order valence-corrected chi connectivity index (χ0v) is 11.2. The van der Waals surface area contributed by atoms with Gasteiger partial charge in [0.15, 0.2) is 0 Å². The summed E-state index contributed by atoms with van der Waals surface area (Å²) in [6, 6.07) is 0. The number of aryl methyl sites for hydroxylation is 1. The second-order valence-electron chi connectivity index (χ2n) is 5.65. The van der Waals surface area contributed by atoms with E-state index in [9.17, 15) is 0 Å². The Labute approximate surface area is 102 Å². The van der Waals surface area contributed by atoms with Crippen LogP contribution in [0.1, 0.15) is 39.3 Å². The van der Waals surface area contributed by atoms with Gasteiger partial charge in [-0.3, -0.25) is 4.68 Å². The Balaban J connectivity index is 2.57. The van der Waals surface area contributed by atoms with Crippen molar-refractivity contribution in [2.45, 2.75) is 39.2 Å². The molecule has 16 heavy (non-hydrogen) atoms. The highest BCUT2D eigenvalue weighted by atomic mass is 35.5. The predicted octanol–water partition coefficient (Wildman–Crippen LogP) is 2.70. The van der Waals surface area contributed by atoms with E-state index in [1.807, 2.05) is 11.7 Å². The maximum Gasteiger partial charge on any atom is 0.0837 e. The van der Waals surface area contributed by atoms with E-state index in [4.69, 9.17) is 11.6 Å². The van der Waals surface area contributed by atoms with Gasteiger partial charge in [-0.2, -0.15) is 5.10 Å². The molecule has 0 aromatic carbocycles. The first-order valence-corrected chi connectivity index (χ1v) is 6.19. The molecule has 3 nitrogen and oxygen atoms in total. The third-order valence-corrected chi connectivity index (χ3v) is 4.01. The summed E-state index contributed by atoms with van der Waals surface area (Å²) >= 11 is 6.30. The number of aromatic nitrogens is 2. The molecule has 1 fully saturated rings. The first-order chi connectivity index (χ1) is 7.38. The Morgan fingerprint density at radius 3 is 2.56 bits per heavy atom. The SMILES string of the molecule is Cn1ncc(Cl)c1C1(C(C)(C)C)CCCN1. The normalized spacial score (nSPS) is 26.3. The van der Waals surface area contributed by atoms with Crippen molar-refractivity contribution in [2.24, 2.45) is 12.5 Å². The Hall–Kier alpha value is -0.540. The van der Waals surface area contributed by atoms with Crippen LogP contribution in [0.15, 0.2) is 6.20 Å². The van der Waals surface area contributed by atoms with Crippen LogP contribution in [0.2, 0.25) is 5.02 Å². The van der Waals surface area contributed by atoms with Gasteiger partial charge in [-0.1, -0.05) is 32.4 Å². The Morgan fingerprint density at radius 1 is 1.50 bits per heavy atom. The molecule has 0 radical (unpaired) electrons. The summed E-state index contributed by atoms with van der Waals surface area (Å²) in [4.78, 5) is 0. The molecule has 4 heteroatoms. The third-order valence-electron chi connectivity index (χ3n) is 3.73. The van der Waals surface area contributed by atoms with E-state index >= 15 is 0 Å². The van der Waals surface area contributed by atoms with Gasteiger partial charge in [-0.25, -0.2) is 0 Å². The van der Waals surface area contributed by atoms with Crippen LogP contribution in [-0.4, -0.2) is 16.3 Å². The van der Waals surface area contributed by atoms with Crippen molar-refractivity contribution in [1.29, 1.82) is 0 Å². The fourth-order valence-corrected chi connectivity index (χ4v) is 3.16. The van der Waals surface area contributed by atoms with Gasteiger partial charge >= 0.3 is 0 Å². The lowest BCUT2D eigenvalue weighted by Gasteiger charge is -2.42. The van der Waals surface area contributed by atoms with Crippen molar-refractivity contribution in [2.75, 3.05) is 6.54 Å². The van der Waals surface area contributed by atoms with Crippen LogP contribution in [0.25, 0.3) is 0 Å². The summed E-state index contributed by atoms with van der Waals surface area (Å²) in [6.45, 7) is 7.83. The Morgan fingerprint density at radius 2 is 2.19 bits per heavy atom. The molecule has 1 aliphatic rings. The van der Waals surface area contributed by atoms with Crippen LogP contribution in [0.5, 0.6) is 0 Å².